The lowest BCUT2D eigenvalue weighted by atomic mass is 10.1. The van der Waals surface area contributed by atoms with E-state index in [1.807, 2.05) is 0 Å². The predicted molar refractivity (Wildman–Crippen MR) is 139 cm³/mol. The quantitative estimate of drug-likeness (QED) is 0.210. The number of fused-ring (bicyclic) bond motifs is 4. The molecule has 40 heavy (non-hydrogen) atoms. The summed E-state index contributed by atoms with van der Waals surface area (Å²) in [6.45, 7) is -0.357. The number of hydrogen-bond acceptors (Lipinski definition) is 15. The summed E-state index contributed by atoms with van der Waals surface area (Å²) < 4.78 is 42.8. The number of aliphatic hydroxyl groups is 1. The van der Waals surface area contributed by atoms with Crippen molar-refractivity contribution in [2.24, 2.45) is 5.92 Å². The Kier molecular flexibility index (Phi) is 7.45. The number of H-pyrrole nitrogens is 1. The van der Waals surface area contributed by atoms with Crippen molar-refractivity contribution in [1.29, 1.82) is 0 Å². The van der Waals surface area contributed by atoms with E-state index in [1.54, 1.807) is 6.07 Å². The van der Waals surface area contributed by atoms with Crippen LogP contribution in [0.4, 0.5) is 17.6 Å². The number of nitrogens with zero attached hydrogens (tertiary/aromatic N) is 5. The molecular weight excluding hydrogens is 572 g/mol. The smallest absolute Gasteiger partial charge is 0.387 e. The van der Waals surface area contributed by atoms with E-state index in [2.05, 4.69) is 30.2 Å². The van der Waals surface area contributed by atoms with Crippen LogP contribution < -0.4 is 22.3 Å². The number of anilines is 3. The van der Waals surface area contributed by atoms with E-state index in [0.29, 0.717) is 24.5 Å². The lowest BCUT2D eigenvalue weighted by Crippen LogP contribution is -2.34. The lowest BCUT2D eigenvalue weighted by Gasteiger charge is -2.24. The second-order valence-corrected chi connectivity index (χ2v) is 11.7. The minimum Gasteiger partial charge on any atom is -0.387 e. The molecule has 8 N–H and O–H groups in total. The summed E-state index contributed by atoms with van der Waals surface area (Å²) in [5.41, 5.74) is 11.0. The summed E-state index contributed by atoms with van der Waals surface area (Å²) in [6, 6.07) is 1.43. The molecule has 2 aliphatic heterocycles. The predicted octanol–water partition coefficient (Wildman–Crippen LogP) is -0.351. The average molecular weight is 599 g/mol. The summed E-state index contributed by atoms with van der Waals surface area (Å²) in [7, 11) is -5.11. The molecular formula is C20H27N9O9P2. The molecule has 0 radical (unpaired) electrons. The molecule has 0 aromatic carbocycles. The van der Waals surface area contributed by atoms with Gasteiger partial charge >= 0.3 is 7.82 Å². The number of phosphoric ester groups is 1. The van der Waals surface area contributed by atoms with Gasteiger partial charge in [-0.05, 0) is 12.8 Å². The Morgan fingerprint density at radius 1 is 1.20 bits per heavy atom. The van der Waals surface area contributed by atoms with Gasteiger partial charge in [0.25, 0.3) is 5.56 Å². The van der Waals surface area contributed by atoms with Crippen LogP contribution in [0.15, 0.2) is 23.5 Å². The zero-order chi connectivity index (χ0) is 28.0. The highest BCUT2D eigenvalue weighted by Crippen LogP contribution is 2.50. The van der Waals surface area contributed by atoms with Crippen LogP contribution >= 0.6 is 16.9 Å². The van der Waals surface area contributed by atoms with Crippen LogP contribution in [-0.4, -0.2) is 83.2 Å². The van der Waals surface area contributed by atoms with Gasteiger partial charge in [-0.25, -0.2) is 19.5 Å². The number of aliphatic hydroxyl groups excluding tert-OH is 1. The number of phosphoric acid groups is 1. The number of aromatic nitrogens is 6. The maximum absolute atomic E-state index is 12.9. The van der Waals surface area contributed by atoms with Gasteiger partial charge in [-0.1, -0.05) is 0 Å². The van der Waals surface area contributed by atoms with Gasteiger partial charge in [-0.3, -0.25) is 23.4 Å². The molecule has 2 bridgehead atoms. The van der Waals surface area contributed by atoms with Crippen molar-refractivity contribution in [3.05, 3.63) is 29.1 Å². The van der Waals surface area contributed by atoms with E-state index in [9.17, 15) is 19.4 Å². The molecule has 2 saturated heterocycles. The maximum Gasteiger partial charge on any atom is 0.472 e. The number of nitrogens with two attached hydrogens (primary N) is 2. The van der Waals surface area contributed by atoms with E-state index in [-0.39, 0.29) is 35.7 Å². The minimum absolute atomic E-state index is 0.00666. The third-order valence-electron chi connectivity index (χ3n) is 6.92. The van der Waals surface area contributed by atoms with Crippen molar-refractivity contribution in [2.45, 2.75) is 49.5 Å². The Bertz CT molecular complexity index is 1490. The summed E-state index contributed by atoms with van der Waals surface area (Å²) in [5, 5.41) is 14.2. The van der Waals surface area contributed by atoms with Gasteiger partial charge in [0, 0.05) is 18.0 Å². The fourth-order valence-corrected chi connectivity index (χ4v) is 6.82. The lowest BCUT2D eigenvalue weighted by molar-refractivity contribution is -0.0523. The van der Waals surface area contributed by atoms with Crippen LogP contribution in [0.2, 0.25) is 0 Å². The Labute approximate surface area is 227 Å². The first-order valence-electron chi connectivity index (χ1n) is 12.2. The van der Waals surface area contributed by atoms with E-state index in [4.69, 9.17) is 34.3 Å². The summed E-state index contributed by atoms with van der Waals surface area (Å²) in [4.78, 5) is 41.3. The first-order chi connectivity index (χ1) is 19.2. The first-order valence-corrected chi connectivity index (χ1v) is 14.6. The van der Waals surface area contributed by atoms with Crippen molar-refractivity contribution in [2.75, 3.05) is 30.0 Å². The van der Waals surface area contributed by atoms with E-state index < -0.39 is 59.7 Å². The summed E-state index contributed by atoms with van der Waals surface area (Å²) >= 11 is 0. The molecule has 1 aliphatic carbocycles. The van der Waals surface area contributed by atoms with Gasteiger partial charge in [0.05, 0.1) is 25.6 Å². The van der Waals surface area contributed by atoms with Gasteiger partial charge in [0.15, 0.2) is 26.4 Å². The van der Waals surface area contributed by atoms with Crippen molar-refractivity contribution in [1.82, 2.24) is 29.5 Å². The van der Waals surface area contributed by atoms with Crippen LogP contribution in [0.1, 0.15) is 19.1 Å². The summed E-state index contributed by atoms with van der Waals surface area (Å²) in [5.74, 6) is 0.391. The molecule has 18 nitrogen and oxygen atoms in total. The van der Waals surface area contributed by atoms with Crippen LogP contribution in [0.3, 0.4) is 0 Å². The van der Waals surface area contributed by atoms with Gasteiger partial charge in [-0.2, -0.15) is 4.98 Å². The second kappa shape index (κ2) is 10.9. The highest BCUT2D eigenvalue weighted by molar-refractivity contribution is 7.47. The monoisotopic (exact) mass is 599 g/mol. The number of hydrogen-bond donors (Lipinski definition) is 6. The van der Waals surface area contributed by atoms with Crippen molar-refractivity contribution in [3.8, 4) is 0 Å². The standard InChI is InChI=1S/C20H27N9O9P2/c21-12-3-13(24-6-23-12)26-9-1-8-4-34-39-37-16-15(30)11(5-35-40(32,33)38-10(8)2-9)36-19(16)29-7-25-14-17(29)27-20(22)28-18(14)31/h3,6-11,15-16,19,30,39H,1-2,4-5H2,(H,32,33)(H3,21,23,24,26)(H3,22,27,28,31)/t8-,9-,10+,11-,15-,16-,19-/m1/s1. The Balaban J connectivity index is 1.21. The van der Waals surface area contributed by atoms with Crippen LogP contribution in [0.5, 0.6) is 0 Å². The Morgan fingerprint density at radius 2 is 2.05 bits per heavy atom. The van der Waals surface area contributed by atoms with Crippen LogP contribution in [-0.2, 0) is 27.4 Å². The maximum atomic E-state index is 12.9. The number of nitrogens with one attached hydrogen (secondary N) is 2. The van der Waals surface area contributed by atoms with Gasteiger partial charge in [0.2, 0.25) is 5.95 Å². The zero-order valence-electron chi connectivity index (χ0n) is 20.7. The minimum atomic E-state index is -4.58. The van der Waals surface area contributed by atoms with Crippen molar-refractivity contribution in [3.63, 3.8) is 0 Å². The molecule has 2 unspecified atom stereocenters. The van der Waals surface area contributed by atoms with Gasteiger partial charge in [0.1, 0.15) is 36.3 Å². The Hall–Kier alpha value is -2.79. The molecule has 5 heterocycles. The molecule has 3 aromatic heterocycles. The largest absolute Gasteiger partial charge is 0.472 e. The number of nitrogen functional groups attached to an aromatic ring is 2. The molecule has 6 rings (SSSR count). The van der Waals surface area contributed by atoms with E-state index >= 15 is 0 Å². The van der Waals surface area contributed by atoms with Gasteiger partial charge < -0.3 is 40.6 Å². The number of ether oxygens (including phenoxy) is 1. The zero-order valence-corrected chi connectivity index (χ0v) is 22.6. The van der Waals surface area contributed by atoms with Crippen LogP contribution in [0, 0.1) is 5.92 Å². The van der Waals surface area contributed by atoms with Crippen molar-refractivity contribution < 1.29 is 37.4 Å². The topological polar surface area (TPSA) is 257 Å². The molecule has 9 atom stereocenters. The SMILES string of the molecule is Nc1cc(N[C@@H]2C[C@@H]3COPO[C@@H]4[C@H](O)[C@@H](COP(=O)(O)O[C@H]3C2)O[C@H]4n2cnc3c(=O)[nH]c(N)nc32)ncn1. The van der Waals surface area contributed by atoms with E-state index in [1.165, 1.54) is 17.2 Å². The fraction of sp³-hybridized carbons (Fsp3) is 0.550. The fourth-order valence-electron chi connectivity index (χ4n) is 5.11. The highest BCUT2D eigenvalue weighted by atomic mass is 31.2. The number of aromatic amines is 1. The first kappa shape index (κ1) is 27.4. The molecule has 3 fully saturated rings. The molecule has 0 spiro atoms. The Morgan fingerprint density at radius 3 is 2.88 bits per heavy atom. The molecule has 1 saturated carbocycles. The molecule has 216 valence electrons. The molecule has 3 aliphatic rings. The van der Waals surface area contributed by atoms with Crippen molar-refractivity contribution >= 4 is 45.6 Å². The highest BCUT2D eigenvalue weighted by Gasteiger charge is 2.48. The van der Waals surface area contributed by atoms with Crippen LogP contribution in [0.25, 0.3) is 11.2 Å². The molecule has 0 amide bonds. The normalized spacial score (nSPS) is 35.6. The molecule has 20 heteroatoms. The third-order valence-corrected chi connectivity index (χ3v) is 8.58. The second-order valence-electron chi connectivity index (χ2n) is 9.62. The summed E-state index contributed by atoms with van der Waals surface area (Å²) in [6.07, 6.45) is -1.60. The molecule has 3 aromatic rings. The number of rotatable bonds is 3. The number of imidazole rings is 1. The third kappa shape index (κ3) is 5.54. The average Bonchev–Trinajstić information content (AvgIpc) is 3.56. The van der Waals surface area contributed by atoms with Gasteiger partial charge in [-0.15, -0.1) is 0 Å². The van der Waals surface area contributed by atoms with E-state index in [0.717, 1.165) is 0 Å².